The normalized spacial score (nSPS) is 15.0. The van der Waals surface area contributed by atoms with E-state index < -0.39 is 6.10 Å². The van der Waals surface area contributed by atoms with Crippen LogP contribution in [0.25, 0.3) is 0 Å². The van der Waals surface area contributed by atoms with Crippen molar-refractivity contribution in [2.45, 2.75) is 39.2 Å². The molecule has 74 valence electrons. The second-order valence-corrected chi connectivity index (χ2v) is 2.97. The van der Waals surface area contributed by atoms with Gasteiger partial charge >= 0.3 is 0 Å². The summed E-state index contributed by atoms with van der Waals surface area (Å²) in [4.78, 5) is 0. The molecule has 1 nitrogen and oxygen atoms in total. The minimum atomic E-state index is -0.444. The molecule has 0 rings (SSSR count). The first-order valence-corrected chi connectivity index (χ1v) is 4.95. The zero-order valence-corrected chi connectivity index (χ0v) is 8.61. The van der Waals surface area contributed by atoms with Crippen LogP contribution in [0.2, 0.25) is 0 Å². The maximum absolute atomic E-state index is 9.24. The number of hydrogen-bond acceptors (Lipinski definition) is 1. The molecule has 0 amide bonds. The lowest BCUT2D eigenvalue weighted by Gasteiger charge is -1.93. The minimum absolute atomic E-state index is 0.444. The van der Waals surface area contributed by atoms with E-state index in [-0.39, 0.29) is 0 Å². The molecular formula is C12H20O. The summed E-state index contributed by atoms with van der Waals surface area (Å²) in [6.07, 6.45) is 14.5. The van der Waals surface area contributed by atoms with Crippen LogP contribution in [0.1, 0.15) is 33.1 Å². The van der Waals surface area contributed by atoms with Gasteiger partial charge in [0.25, 0.3) is 0 Å². The Balaban J connectivity index is 3.55. The van der Waals surface area contributed by atoms with Crippen LogP contribution < -0.4 is 0 Å². The molecule has 0 bridgehead atoms. The molecule has 0 radical (unpaired) electrons. The molecule has 13 heavy (non-hydrogen) atoms. The molecule has 0 aromatic rings. The third kappa shape index (κ3) is 9.09. The Labute approximate surface area is 81.5 Å². The fourth-order valence-electron chi connectivity index (χ4n) is 0.936. The van der Waals surface area contributed by atoms with Gasteiger partial charge in [0.2, 0.25) is 0 Å². The first kappa shape index (κ1) is 12.2. The maximum Gasteiger partial charge on any atom is 0.0905 e. The Kier molecular flexibility index (Phi) is 8.68. The van der Waals surface area contributed by atoms with E-state index in [2.05, 4.69) is 13.0 Å². The lowest BCUT2D eigenvalue weighted by molar-refractivity contribution is 0.271. The van der Waals surface area contributed by atoms with Crippen molar-refractivity contribution in [1.82, 2.24) is 0 Å². The van der Waals surface area contributed by atoms with Crippen molar-refractivity contribution < 1.29 is 5.11 Å². The first-order chi connectivity index (χ1) is 6.31. The smallest absolute Gasteiger partial charge is 0.0905 e. The van der Waals surface area contributed by atoms with Crippen molar-refractivity contribution in [3.63, 3.8) is 0 Å². The number of aliphatic hydroxyl groups excluding tert-OH is 1. The molecule has 0 aliphatic rings. The van der Waals surface area contributed by atoms with Gasteiger partial charge in [-0.15, -0.1) is 0 Å². The summed E-state index contributed by atoms with van der Waals surface area (Å²) in [5.74, 6) is 0. The molecule has 1 heteroatoms. The van der Waals surface area contributed by atoms with Crippen LogP contribution in [0.3, 0.4) is 0 Å². The molecule has 0 fully saturated rings. The summed E-state index contributed by atoms with van der Waals surface area (Å²) in [5.41, 5.74) is 0. The van der Waals surface area contributed by atoms with Gasteiger partial charge in [-0.2, -0.15) is 0 Å². The second kappa shape index (κ2) is 9.27. The second-order valence-electron chi connectivity index (χ2n) is 2.97. The molecule has 0 aliphatic carbocycles. The predicted molar refractivity (Wildman–Crippen MR) is 58.6 cm³/mol. The van der Waals surface area contributed by atoms with Gasteiger partial charge in [0.15, 0.2) is 0 Å². The SMILES string of the molecule is CC=CC(O)/C=C/C=C/CCCC. The highest BCUT2D eigenvalue weighted by molar-refractivity contribution is 5.08. The van der Waals surface area contributed by atoms with E-state index in [0.29, 0.717) is 0 Å². The highest BCUT2D eigenvalue weighted by Crippen LogP contribution is 1.95. The van der Waals surface area contributed by atoms with Crippen LogP contribution in [-0.4, -0.2) is 11.2 Å². The van der Waals surface area contributed by atoms with Crippen molar-refractivity contribution in [2.24, 2.45) is 0 Å². The summed E-state index contributed by atoms with van der Waals surface area (Å²) >= 11 is 0. The Morgan fingerprint density at radius 1 is 1.23 bits per heavy atom. The third-order valence-corrected chi connectivity index (χ3v) is 1.67. The van der Waals surface area contributed by atoms with E-state index in [0.717, 1.165) is 6.42 Å². The van der Waals surface area contributed by atoms with Gasteiger partial charge in [-0.05, 0) is 13.3 Å². The quantitative estimate of drug-likeness (QED) is 0.378. The van der Waals surface area contributed by atoms with E-state index in [1.54, 1.807) is 12.2 Å². The zero-order valence-electron chi connectivity index (χ0n) is 8.61. The van der Waals surface area contributed by atoms with Crippen molar-refractivity contribution in [3.8, 4) is 0 Å². The van der Waals surface area contributed by atoms with E-state index in [9.17, 15) is 5.11 Å². The monoisotopic (exact) mass is 180 g/mol. The topological polar surface area (TPSA) is 20.2 Å². The van der Waals surface area contributed by atoms with Gasteiger partial charge in [-0.1, -0.05) is 56.2 Å². The zero-order chi connectivity index (χ0) is 9.94. The molecule has 1 atom stereocenters. The van der Waals surface area contributed by atoms with Gasteiger partial charge < -0.3 is 5.11 Å². The molecule has 0 aliphatic heterocycles. The fraction of sp³-hybridized carbons (Fsp3) is 0.500. The highest BCUT2D eigenvalue weighted by atomic mass is 16.3. The highest BCUT2D eigenvalue weighted by Gasteiger charge is 1.86. The van der Waals surface area contributed by atoms with Gasteiger partial charge in [0.1, 0.15) is 0 Å². The van der Waals surface area contributed by atoms with Crippen LogP contribution in [-0.2, 0) is 0 Å². The number of hydrogen-bond donors (Lipinski definition) is 1. The van der Waals surface area contributed by atoms with E-state index >= 15 is 0 Å². The van der Waals surface area contributed by atoms with Crippen molar-refractivity contribution in [1.29, 1.82) is 0 Å². The van der Waals surface area contributed by atoms with Gasteiger partial charge in [-0.3, -0.25) is 0 Å². The van der Waals surface area contributed by atoms with Crippen molar-refractivity contribution >= 4 is 0 Å². The van der Waals surface area contributed by atoms with Crippen LogP contribution in [0.15, 0.2) is 36.5 Å². The maximum atomic E-state index is 9.24. The van der Waals surface area contributed by atoms with Crippen molar-refractivity contribution in [3.05, 3.63) is 36.5 Å². The van der Waals surface area contributed by atoms with E-state index in [1.165, 1.54) is 12.8 Å². The Hall–Kier alpha value is -0.820. The summed E-state index contributed by atoms with van der Waals surface area (Å²) < 4.78 is 0. The molecule has 0 aromatic heterocycles. The molecule has 0 heterocycles. The average molecular weight is 180 g/mol. The molecule has 0 saturated carbocycles. The number of allylic oxidation sites excluding steroid dienone is 4. The minimum Gasteiger partial charge on any atom is -0.385 e. The fourth-order valence-corrected chi connectivity index (χ4v) is 0.936. The Morgan fingerprint density at radius 2 is 2.00 bits per heavy atom. The molecule has 0 spiro atoms. The number of unbranched alkanes of at least 4 members (excludes halogenated alkanes) is 2. The van der Waals surface area contributed by atoms with Gasteiger partial charge in [0, 0.05) is 0 Å². The molecule has 0 saturated heterocycles. The van der Waals surface area contributed by atoms with E-state index in [1.807, 2.05) is 25.2 Å². The first-order valence-electron chi connectivity index (χ1n) is 4.95. The summed E-state index contributed by atoms with van der Waals surface area (Å²) in [5, 5.41) is 9.24. The van der Waals surface area contributed by atoms with Crippen molar-refractivity contribution in [2.75, 3.05) is 0 Å². The van der Waals surface area contributed by atoms with Crippen LogP contribution >= 0.6 is 0 Å². The lowest BCUT2D eigenvalue weighted by Crippen LogP contribution is -1.94. The molecule has 1 unspecified atom stereocenters. The van der Waals surface area contributed by atoms with E-state index in [4.69, 9.17) is 0 Å². The number of rotatable bonds is 6. The third-order valence-electron chi connectivity index (χ3n) is 1.67. The Morgan fingerprint density at radius 3 is 2.62 bits per heavy atom. The molecule has 0 aromatic carbocycles. The van der Waals surface area contributed by atoms with Crippen LogP contribution in [0.4, 0.5) is 0 Å². The van der Waals surface area contributed by atoms with Gasteiger partial charge in [-0.25, -0.2) is 0 Å². The summed E-state index contributed by atoms with van der Waals surface area (Å²) in [6, 6.07) is 0. The van der Waals surface area contributed by atoms with Crippen LogP contribution in [0.5, 0.6) is 0 Å². The standard InChI is InChI=1S/C12H20O/c1-3-5-6-7-8-9-11-12(13)10-4-2/h4,7-13H,3,5-6H2,1-2H3/b8-7+,10-4?,11-9+. The van der Waals surface area contributed by atoms with Crippen LogP contribution in [0, 0.1) is 0 Å². The summed E-state index contributed by atoms with van der Waals surface area (Å²) in [7, 11) is 0. The predicted octanol–water partition coefficient (Wildman–Crippen LogP) is 3.23. The lowest BCUT2D eigenvalue weighted by atomic mass is 10.2. The van der Waals surface area contributed by atoms with Gasteiger partial charge in [0.05, 0.1) is 6.10 Å². The number of aliphatic hydroxyl groups is 1. The largest absolute Gasteiger partial charge is 0.385 e. The summed E-state index contributed by atoms with van der Waals surface area (Å²) in [6.45, 7) is 4.08. The molecule has 1 N–H and O–H groups in total. The average Bonchev–Trinajstić information content (AvgIpc) is 2.11. The Bertz CT molecular complexity index is 178. The molecular weight excluding hydrogens is 160 g/mol.